The van der Waals surface area contributed by atoms with Crippen molar-refractivity contribution in [1.29, 1.82) is 0 Å². The number of pyridine rings is 2. The van der Waals surface area contributed by atoms with Crippen molar-refractivity contribution in [2.24, 2.45) is 0 Å². The van der Waals surface area contributed by atoms with E-state index in [1.54, 1.807) is 0 Å². The summed E-state index contributed by atoms with van der Waals surface area (Å²) in [5, 5.41) is 0. The van der Waals surface area contributed by atoms with Gasteiger partial charge in [-0.3, -0.25) is 9.97 Å². The molecule has 0 spiro atoms. The van der Waals surface area contributed by atoms with Gasteiger partial charge in [-0.25, -0.2) is 0 Å². The van der Waals surface area contributed by atoms with Crippen LogP contribution in [0.25, 0.3) is 11.1 Å². The maximum atomic E-state index is 4.60. The Balaban J connectivity index is 1.56. The highest BCUT2D eigenvalue weighted by molar-refractivity contribution is 5.91. The molecule has 0 amide bonds. The average molecular weight is 416 g/mol. The summed E-state index contributed by atoms with van der Waals surface area (Å²) < 4.78 is 0. The second-order valence-electron chi connectivity index (χ2n) is 7.94. The van der Waals surface area contributed by atoms with Crippen molar-refractivity contribution in [3.05, 3.63) is 144 Å². The number of allylic oxidation sites excluding steroid dienone is 3. The molecule has 4 aromatic rings. The molecule has 2 heterocycles. The van der Waals surface area contributed by atoms with Crippen LogP contribution in [0.4, 0.5) is 0 Å². The van der Waals surface area contributed by atoms with Crippen LogP contribution in [0.15, 0.2) is 121 Å². The van der Waals surface area contributed by atoms with Crippen molar-refractivity contribution in [1.82, 2.24) is 14.9 Å². The van der Waals surface area contributed by atoms with E-state index in [0.717, 1.165) is 30.9 Å². The summed E-state index contributed by atoms with van der Waals surface area (Å²) >= 11 is 0. The molecule has 3 heteroatoms. The first-order valence-corrected chi connectivity index (χ1v) is 11.0. The molecule has 2 aromatic heterocycles. The number of rotatable bonds is 7. The van der Waals surface area contributed by atoms with E-state index < -0.39 is 0 Å². The van der Waals surface area contributed by atoms with E-state index in [4.69, 9.17) is 0 Å². The van der Waals surface area contributed by atoms with Crippen LogP contribution < -0.4 is 0 Å². The Morgan fingerprint density at radius 1 is 0.594 bits per heavy atom. The highest BCUT2D eigenvalue weighted by Crippen LogP contribution is 2.40. The normalized spacial score (nSPS) is 13.2. The lowest BCUT2D eigenvalue weighted by Crippen LogP contribution is -2.23. The average Bonchev–Trinajstić information content (AvgIpc) is 3.32. The van der Waals surface area contributed by atoms with E-state index in [1.807, 2.05) is 24.5 Å². The van der Waals surface area contributed by atoms with E-state index in [-0.39, 0.29) is 0 Å². The first-order chi connectivity index (χ1) is 15.9. The molecule has 0 saturated heterocycles. The summed E-state index contributed by atoms with van der Waals surface area (Å²) in [4.78, 5) is 11.6. The molecular formula is C29H25N3. The van der Waals surface area contributed by atoms with Gasteiger partial charge >= 0.3 is 0 Å². The quantitative estimate of drug-likeness (QED) is 0.351. The summed E-state index contributed by atoms with van der Waals surface area (Å²) in [6.07, 6.45) is 6.96. The van der Waals surface area contributed by atoms with Crippen molar-refractivity contribution in [2.45, 2.75) is 19.5 Å². The third-order valence-electron chi connectivity index (χ3n) is 5.76. The summed E-state index contributed by atoms with van der Waals surface area (Å²) in [5.74, 6) is 0. The molecule has 32 heavy (non-hydrogen) atoms. The minimum Gasteiger partial charge on any atom is -0.362 e. The molecule has 156 valence electrons. The minimum atomic E-state index is 0.735. The topological polar surface area (TPSA) is 29.0 Å². The van der Waals surface area contributed by atoms with Crippen LogP contribution in [0, 0.1) is 0 Å². The Hall–Kier alpha value is -3.98. The van der Waals surface area contributed by atoms with Gasteiger partial charge in [0.15, 0.2) is 0 Å². The summed E-state index contributed by atoms with van der Waals surface area (Å²) in [5.41, 5.74) is 8.54. The number of benzene rings is 2. The fourth-order valence-electron chi connectivity index (χ4n) is 4.19. The predicted molar refractivity (Wildman–Crippen MR) is 130 cm³/mol. The number of hydrogen-bond donors (Lipinski definition) is 0. The third-order valence-corrected chi connectivity index (χ3v) is 5.76. The number of nitrogens with zero attached hydrogens (tertiary/aromatic N) is 3. The van der Waals surface area contributed by atoms with Crippen LogP contribution in [-0.2, 0) is 13.1 Å². The Labute approximate surface area is 189 Å². The zero-order chi connectivity index (χ0) is 21.6. The largest absolute Gasteiger partial charge is 0.362 e. The third kappa shape index (κ3) is 4.52. The van der Waals surface area contributed by atoms with E-state index in [1.165, 1.54) is 28.0 Å². The Bertz CT molecular complexity index is 1170. The summed E-state index contributed by atoms with van der Waals surface area (Å²) in [6.45, 7) is 1.47. The van der Waals surface area contributed by atoms with Gasteiger partial charge in [-0.2, -0.15) is 0 Å². The van der Waals surface area contributed by atoms with Gasteiger partial charge in [-0.1, -0.05) is 72.8 Å². The molecule has 1 aliphatic rings. The van der Waals surface area contributed by atoms with Gasteiger partial charge in [0.2, 0.25) is 0 Å². The lowest BCUT2D eigenvalue weighted by molar-refractivity contribution is 0.319. The molecule has 0 unspecified atom stereocenters. The van der Waals surface area contributed by atoms with Gasteiger partial charge in [-0.15, -0.1) is 0 Å². The predicted octanol–water partition coefficient (Wildman–Crippen LogP) is 6.38. The molecule has 0 atom stereocenters. The van der Waals surface area contributed by atoms with Crippen LogP contribution in [-0.4, -0.2) is 14.9 Å². The molecule has 2 aromatic carbocycles. The molecule has 0 radical (unpaired) electrons. The van der Waals surface area contributed by atoms with Gasteiger partial charge in [0.1, 0.15) is 0 Å². The van der Waals surface area contributed by atoms with Crippen molar-refractivity contribution < 1.29 is 0 Å². The minimum absolute atomic E-state index is 0.735. The van der Waals surface area contributed by atoms with Gasteiger partial charge < -0.3 is 4.90 Å². The highest BCUT2D eigenvalue weighted by atomic mass is 15.2. The smallest absolute Gasteiger partial charge is 0.0603 e. The van der Waals surface area contributed by atoms with Crippen LogP contribution in [0.5, 0.6) is 0 Å². The molecule has 1 aliphatic carbocycles. The van der Waals surface area contributed by atoms with Crippen molar-refractivity contribution in [2.75, 3.05) is 0 Å². The fraction of sp³-hybridized carbons (Fsp3) is 0.103. The van der Waals surface area contributed by atoms with Gasteiger partial charge in [-0.05, 0) is 47.0 Å². The van der Waals surface area contributed by atoms with Crippen LogP contribution in [0.1, 0.15) is 28.9 Å². The maximum Gasteiger partial charge on any atom is 0.0603 e. The van der Waals surface area contributed by atoms with E-state index >= 15 is 0 Å². The van der Waals surface area contributed by atoms with Crippen LogP contribution >= 0.6 is 0 Å². The lowest BCUT2D eigenvalue weighted by Gasteiger charge is -2.27. The Morgan fingerprint density at radius 3 is 1.66 bits per heavy atom. The second-order valence-corrected chi connectivity index (χ2v) is 7.94. The van der Waals surface area contributed by atoms with Crippen molar-refractivity contribution in [3.63, 3.8) is 0 Å². The SMILES string of the molecule is C1=C(c2ccccc2)CC(N(Cc2ccccn2)Cc2ccccn2)=C1c1ccccc1. The van der Waals surface area contributed by atoms with Gasteiger partial charge in [0.25, 0.3) is 0 Å². The molecule has 0 bridgehead atoms. The van der Waals surface area contributed by atoms with Crippen molar-refractivity contribution >= 4 is 11.1 Å². The molecule has 0 aliphatic heterocycles. The molecule has 3 nitrogen and oxygen atoms in total. The molecule has 5 rings (SSSR count). The number of aromatic nitrogens is 2. The highest BCUT2D eigenvalue weighted by Gasteiger charge is 2.24. The van der Waals surface area contributed by atoms with Crippen molar-refractivity contribution in [3.8, 4) is 0 Å². The standard InChI is InChI=1S/C29H25N3/c1-3-11-23(12-4-1)25-19-28(24-13-5-2-6-14-24)29(20-25)32(21-26-15-7-9-17-30-26)22-27-16-8-10-18-31-27/h1-19H,20-22H2. The fourth-order valence-corrected chi connectivity index (χ4v) is 4.19. The van der Waals surface area contributed by atoms with Gasteiger partial charge in [0, 0.05) is 30.1 Å². The first-order valence-electron chi connectivity index (χ1n) is 11.0. The molecule has 0 fully saturated rings. The van der Waals surface area contributed by atoms with E-state index in [0.29, 0.717) is 0 Å². The molecular weight excluding hydrogens is 390 g/mol. The van der Waals surface area contributed by atoms with E-state index in [2.05, 4.69) is 106 Å². The first kappa shape index (κ1) is 20.0. The molecule has 0 N–H and O–H groups in total. The monoisotopic (exact) mass is 415 g/mol. The lowest BCUT2D eigenvalue weighted by atomic mass is 10.0. The van der Waals surface area contributed by atoms with E-state index in [9.17, 15) is 0 Å². The second kappa shape index (κ2) is 9.44. The summed E-state index contributed by atoms with van der Waals surface area (Å²) in [6, 6.07) is 33.6. The van der Waals surface area contributed by atoms with Crippen LogP contribution in [0.3, 0.4) is 0 Å². The maximum absolute atomic E-state index is 4.60. The Morgan fingerprint density at radius 2 is 1.12 bits per heavy atom. The molecule has 0 saturated carbocycles. The summed E-state index contributed by atoms with van der Waals surface area (Å²) in [7, 11) is 0. The zero-order valence-corrected chi connectivity index (χ0v) is 17.9. The number of hydrogen-bond acceptors (Lipinski definition) is 3. The zero-order valence-electron chi connectivity index (χ0n) is 17.9. The van der Waals surface area contributed by atoms with Gasteiger partial charge in [0.05, 0.1) is 24.5 Å². The Kier molecular flexibility index (Phi) is 5.89. The van der Waals surface area contributed by atoms with Crippen LogP contribution in [0.2, 0.25) is 0 Å².